The van der Waals surface area contributed by atoms with Crippen molar-refractivity contribution in [3.8, 4) is 5.75 Å². The first-order valence-corrected chi connectivity index (χ1v) is 10.2. The molecule has 2 aromatic carbocycles. The zero-order chi connectivity index (χ0) is 21.2. The summed E-state index contributed by atoms with van der Waals surface area (Å²) in [6.07, 6.45) is 3.66. The first kappa shape index (κ1) is 21.6. The van der Waals surface area contributed by atoms with Gasteiger partial charge >= 0.3 is 0 Å². The van der Waals surface area contributed by atoms with Crippen LogP contribution in [-0.4, -0.2) is 17.8 Å². The van der Waals surface area contributed by atoms with Gasteiger partial charge in [-0.25, -0.2) is 4.39 Å². The molecule has 6 heteroatoms. The van der Waals surface area contributed by atoms with Crippen LogP contribution < -0.4 is 20.5 Å². The summed E-state index contributed by atoms with van der Waals surface area (Å²) in [5, 5.41) is 3.39. The van der Waals surface area contributed by atoms with E-state index >= 15 is 0 Å². The summed E-state index contributed by atoms with van der Waals surface area (Å²) in [5.41, 5.74) is 2.76. The molecule has 0 saturated carbocycles. The maximum absolute atomic E-state index is 12.9. The van der Waals surface area contributed by atoms with Crippen LogP contribution in [0, 0.1) is 5.82 Å². The third-order valence-corrected chi connectivity index (χ3v) is 4.59. The molecule has 3 aromatic rings. The summed E-state index contributed by atoms with van der Waals surface area (Å²) in [7, 11) is 0. The second-order valence-corrected chi connectivity index (χ2v) is 7.03. The van der Waals surface area contributed by atoms with Gasteiger partial charge in [-0.1, -0.05) is 43.3 Å². The molecule has 1 heterocycles. The van der Waals surface area contributed by atoms with Gasteiger partial charge in [0.15, 0.2) is 0 Å². The lowest BCUT2D eigenvalue weighted by atomic mass is 10.1. The van der Waals surface area contributed by atoms with E-state index in [1.807, 2.05) is 12.1 Å². The molecule has 158 valence electrons. The molecule has 3 rings (SSSR count). The third-order valence-electron chi connectivity index (χ3n) is 4.59. The summed E-state index contributed by atoms with van der Waals surface area (Å²) in [5.74, 6) is 0.141. The van der Waals surface area contributed by atoms with Gasteiger partial charge < -0.3 is 14.9 Å². The van der Waals surface area contributed by atoms with Crippen LogP contribution in [0.15, 0.2) is 71.7 Å². The van der Waals surface area contributed by atoms with Crippen LogP contribution in [0.2, 0.25) is 0 Å². The normalized spacial score (nSPS) is 10.7. The van der Waals surface area contributed by atoms with Gasteiger partial charge in [-0.3, -0.25) is 4.79 Å². The van der Waals surface area contributed by atoms with Crippen LogP contribution in [0.3, 0.4) is 0 Å². The van der Waals surface area contributed by atoms with Crippen molar-refractivity contribution in [2.75, 3.05) is 13.1 Å². The van der Waals surface area contributed by atoms with Gasteiger partial charge in [0.05, 0.1) is 6.20 Å². The fraction of sp³-hybridized carbons (Fsp3) is 0.292. The van der Waals surface area contributed by atoms with E-state index in [4.69, 9.17) is 9.57 Å². The minimum absolute atomic E-state index is 0.255. The van der Waals surface area contributed by atoms with E-state index in [9.17, 15) is 9.18 Å². The van der Waals surface area contributed by atoms with Crippen molar-refractivity contribution in [1.29, 1.82) is 0 Å². The lowest BCUT2D eigenvalue weighted by Crippen LogP contribution is -2.25. The highest BCUT2D eigenvalue weighted by Crippen LogP contribution is 2.11. The molecule has 0 amide bonds. The molecule has 1 N–H and O–H groups in total. The van der Waals surface area contributed by atoms with Crippen molar-refractivity contribution >= 4 is 0 Å². The molecule has 5 nitrogen and oxygen atoms in total. The Balaban J connectivity index is 1.48. The Kier molecular flexibility index (Phi) is 8.03. The maximum Gasteiger partial charge on any atom is 0.286 e. The van der Waals surface area contributed by atoms with Crippen molar-refractivity contribution < 1.29 is 14.0 Å². The summed E-state index contributed by atoms with van der Waals surface area (Å²) >= 11 is 0. The summed E-state index contributed by atoms with van der Waals surface area (Å²) in [6, 6.07) is 17.3. The van der Waals surface area contributed by atoms with Crippen molar-refractivity contribution in [1.82, 2.24) is 10.0 Å². The minimum Gasteiger partial charge on any atom is -0.489 e. The molecular formula is C24H27FN2O3. The number of aromatic nitrogens is 1. The summed E-state index contributed by atoms with van der Waals surface area (Å²) in [6.45, 7) is 4.71. The average Bonchev–Trinajstić information content (AvgIpc) is 2.76. The molecule has 0 atom stereocenters. The molecule has 0 unspecified atom stereocenters. The fourth-order valence-corrected chi connectivity index (χ4v) is 2.87. The van der Waals surface area contributed by atoms with E-state index < -0.39 is 0 Å². The Morgan fingerprint density at radius 2 is 1.57 bits per heavy atom. The molecule has 0 aliphatic carbocycles. The third kappa shape index (κ3) is 6.74. The molecule has 1 aromatic heterocycles. The fourth-order valence-electron chi connectivity index (χ4n) is 2.87. The van der Waals surface area contributed by atoms with E-state index in [0.717, 1.165) is 37.1 Å². The standard InChI is InChI=1S/C24H27FN2O3/c1-2-13-26-14-11-19-3-5-21(6-4-19)18-30-27-15-12-23(16-24(27)28)29-17-20-7-9-22(25)10-8-20/h3-10,12,15-16,26H,2,11,13-14,17-18H2,1H3. The van der Waals surface area contributed by atoms with Crippen LogP contribution in [-0.2, 0) is 19.6 Å². The Morgan fingerprint density at radius 3 is 2.27 bits per heavy atom. The number of ether oxygens (including phenoxy) is 1. The van der Waals surface area contributed by atoms with Gasteiger partial charge in [0, 0.05) is 12.1 Å². The van der Waals surface area contributed by atoms with Crippen molar-refractivity contribution in [3.05, 3.63) is 99.7 Å². The minimum atomic E-state index is -0.315. The van der Waals surface area contributed by atoms with Crippen LogP contribution >= 0.6 is 0 Å². The number of pyridine rings is 1. The molecule has 0 radical (unpaired) electrons. The number of nitrogens with one attached hydrogen (secondary N) is 1. The van der Waals surface area contributed by atoms with Gasteiger partial charge in [0.1, 0.15) is 24.8 Å². The highest BCUT2D eigenvalue weighted by molar-refractivity contribution is 5.23. The van der Waals surface area contributed by atoms with Gasteiger partial charge in [-0.05, 0) is 54.8 Å². The molecule has 0 aliphatic heterocycles. The van der Waals surface area contributed by atoms with E-state index in [1.54, 1.807) is 18.2 Å². The average molecular weight is 410 g/mol. The van der Waals surface area contributed by atoms with Crippen LogP contribution in [0.1, 0.15) is 30.0 Å². The van der Waals surface area contributed by atoms with E-state index in [-0.39, 0.29) is 18.0 Å². The maximum atomic E-state index is 12.9. The number of rotatable bonds is 11. The van der Waals surface area contributed by atoms with Gasteiger partial charge in [0.2, 0.25) is 0 Å². The highest BCUT2D eigenvalue weighted by atomic mass is 19.1. The first-order chi connectivity index (χ1) is 14.6. The van der Waals surface area contributed by atoms with Gasteiger partial charge in [0.25, 0.3) is 5.56 Å². The Bertz CT molecular complexity index is 969. The first-order valence-electron chi connectivity index (χ1n) is 10.2. The van der Waals surface area contributed by atoms with E-state index in [0.29, 0.717) is 12.4 Å². The topological polar surface area (TPSA) is 52.5 Å². The van der Waals surface area contributed by atoms with E-state index in [1.165, 1.54) is 34.7 Å². The second-order valence-electron chi connectivity index (χ2n) is 7.03. The molecule has 0 fully saturated rings. The monoisotopic (exact) mass is 410 g/mol. The van der Waals surface area contributed by atoms with Crippen LogP contribution in [0.25, 0.3) is 0 Å². The molecular weight excluding hydrogens is 383 g/mol. The van der Waals surface area contributed by atoms with Crippen LogP contribution in [0.4, 0.5) is 4.39 Å². The Labute approximate surface area is 176 Å². The predicted octanol–water partition coefficient (Wildman–Crippen LogP) is 3.74. The number of benzene rings is 2. The van der Waals surface area contributed by atoms with Gasteiger partial charge in [-0.15, -0.1) is 0 Å². The lowest BCUT2D eigenvalue weighted by Gasteiger charge is -2.11. The second kappa shape index (κ2) is 11.2. The zero-order valence-electron chi connectivity index (χ0n) is 17.1. The smallest absolute Gasteiger partial charge is 0.286 e. The number of halogens is 1. The lowest BCUT2D eigenvalue weighted by molar-refractivity contribution is 0.0884. The number of hydrogen-bond donors (Lipinski definition) is 1. The Hall–Kier alpha value is -3.12. The molecule has 30 heavy (non-hydrogen) atoms. The number of hydrogen-bond acceptors (Lipinski definition) is 4. The predicted molar refractivity (Wildman–Crippen MR) is 115 cm³/mol. The van der Waals surface area contributed by atoms with Crippen molar-refractivity contribution in [3.63, 3.8) is 0 Å². The highest BCUT2D eigenvalue weighted by Gasteiger charge is 2.03. The Morgan fingerprint density at radius 1 is 0.900 bits per heavy atom. The molecule has 0 spiro atoms. The summed E-state index contributed by atoms with van der Waals surface area (Å²) < 4.78 is 19.7. The van der Waals surface area contributed by atoms with Crippen LogP contribution in [0.5, 0.6) is 5.75 Å². The molecule has 0 saturated heterocycles. The van der Waals surface area contributed by atoms with Gasteiger partial charge in [-0.2, -0.15) is 4.73 Å². The SMILES string of the molecule is CCCNCCc1ccc(COn2ccc(OCc3ccc(F)cc3)cc2=O)cc1. The summed E-state index contributed by atoms with van der Waals surface area (Å²) in [4.78, 5) is 17.8. The van der Waals surface area contributed by atoms with Crippen molar-refractivity contribution in [2.24, 2.45) is 0 Å². The largest absolute Gasteiger partial charge is 0.489 e. The molecule has 0 bridgehead atoms. The molecule has 0 aliphatic rings. The number of nitrogens with zero attached hydrogens (tertiary/aromatic N) is 1. The van der Waals surface area contributed by atoms with Crippen molar-refractivity contribution in [2.45, 2.75) is 33.0 Å². The van der Waals surface area contributed by atoms with E-state index in [2.05, 4.69) is 24.4 Å². The zero-order valence-corrected chi connectivity index (χ0v) is 17.1. The quantitative estimate of drug-likeness (QED) is 0.490.